The van der Waals surface area contributed by atoms with Crippen molar-refractivity contribution in [3.05, 3.63) is 53.3 Å². The van der Waals surface area contributed by atoms with Crippen LogP contribution in [0.4, 0.5) is 10.1 Å². The fourth-order valence-electron chi connectivity index (χ4n) is 3.38. The predicted molar refractivity (Wildman–Crippen MR) is 102 cm³/mol. The van der Waals surface area contributed by atoms with Crippen LogP contribution in [-0.2, 0) is 16.1 Å². The van der Waals surface area contributed by atoms with Gasteiger partial charge in [-0.1, -0.05) is 17.3 Å². The van der Waals surface area contributed by atoms with Crippen LogP contribution in [0.15, 0.2) is 41.6 Å². The van der Waals surface area contributed by atoms with E-state index in [1.165, 1.54) is 12.1 Å². The molecular formula is C21H21FN2O4. The van der Waals surface area contributed by atoms with E-state index in [9.17, 15) is 9.18 Å². The van der Waals surface area contributed by atoms with Crippen molar-refractivity contribution in [1.82, 2.24) is 0 Å². The molecule has 0 saturated heterocycles. The minimum absolute atomic E-state index is 0.0934. The highest BCUT2D eigenvalue weighted by Gasteiger charge is 2.30. The van der Waals surface area contributed by atoms with E-state index in [1.807, 2.05) is 19.9 Å². The third kappa shape index (κ3) is 3.65. The van der Waals surface area contributed by atoms with E-state index >= 15 is 0 Å². The number of oxime groups is 1. The van der Waals surface area contributed by atoms with Gasteiger partial charge in [0.1, 0.15) is 23.4 Å². The summed E-state index contributed by atoms with van der Waals surface area (Å²) in [7, 11) is 0. The third-order valence-electron chi connectivity index (χ3n) is 4.68. The molecule has 0 bridgehead atoms. The highest BCUT2D eigenvalue weighted by Crippen LogP contribution is 2.38. The maximum atomic E-state index is 13.4. The van der Waals surface area contributed by atoms with Crippen LogP contribution in [0.1, 0.15) is 31.4 Å². The Kier molecular flexibility index (Phi) is 4.90. The summed E-state index contributed by atoms with van der Waals surface area (Å²) in [6.45, 7) is 4.36. The molecule has 1 N–H and O–H groups in total. The quantitative estimate of drug-likeness (QED) is 0.854. The Balaban J connectivity index is 1.48. The molecule has 2 aliphatic rings. The lowest BCUT2D eigenvalue weighted by Crippen LogP contribution is -2.28. The molecular weight excluding hydrogens is 363 g/mol. The number of carbonyl (C=O) groups is 1. The molecule has 146 valence electrons. The number of amides is 1. The van der Waals surface area contributed by atoms with E-state index in [2.05, 4.69) is 10.5 Å². The van der Waals surface area contributed by atoms with Crippen LogP contribution in [0.3, 0.4) is 0 Å². The molecule has 2 atom stereocenters. The molecule has 28 heavy (non-hydrogen) atoms. The Morgan fingerprint density at radius 2 is 2.18 bits per heavy atom. The molecule has 2 heterocycles. The first-order valence-electron chi connectivity index (χ1n) is 9.29. The summed E-state index contributed by atoms with van der Waals surface area (Å²) in [4.78, 5) is 18.0. The van der Waals surface area contributed by atoms with Crippen LogP contribution in [-0.4, -0.2) is 30.4 Å². The summed E-state index contributed by atoms with van der Waals surface area (Å²) in [6.07, 6.45) is 0.370. The van der Waals surface area contributed by atoms with Gasteiger partial charge in [-0.2, -0.15) is 0 Å². The zero-order valence-corrected chi connectivity index (χ0v) is 15.7. The minimum Gasteiger partial charge on any atom is -0.492 e. The van der Waals surface area contributed by atoms with Gasteiger partial charge in [-0.15, -0.1) is 0 Å². The van der Waals surface area contributed by atoms with Crippen LogP contribution in [0.2, 0.25) is 0 Å². The maximum absolute atomic E-state index is 13.4. The average Bonchev–Trinajstić information content (AvgIpc) is 3.28. The van der Waals surface area contributed by atoms with Crippen molar-refractivity contribution >= 4 is 17.3 Å². The summed E-state index contributed by atoms with van der Waals surface area (Å²) in [6, 6.07) is 9.75. The minimum atomic E-state index is -0.791. The number of nitrogens with one attached hydrogen (secondary N) is 1. The van der Waals surface area contributed by atoms with E-state index in [4.69, 9.17) is 14.3 Å². The molecule has 0 spiro atoms. The second-order valence-electron chi connectivity index (χ2n) is 6.86. The number of ether oxygens (including phenoxy) is 2. The van der Waals surface area contributed by atoms with Crippen molar-refractivity contribution in [3.63, 3.8) is 0 Å². The van der Waals surface area contributed by atoms with Crippen LogP contribution in [0, 0.1) is 5.82 Å². The van der Waals surface area contributed by atoms with Crippen molar-refractivity contribution in [2.24, 2.45) is 5.16 Å². The first kappa shape index (κ1) is 18.3. The van der Waals surface area contributed by atoms with Crippen LogP contribution in [0.25, 0.3) is 0 Å². The Bertz CT molecular complexity index is 944. The van der Waals surface area contributed by atoms with Crippen molar-refractivity contribution in [2.45, 2.75) is 38.9 Å². The van der Waals surface area contributed by atoms with Gasteiger partial charge in [0, 0.05) is 30.0 Å². The molecule has 0 aliphatic carbocycles. The fraction of sp³-hybridized carbons (Fsp3) is 0.333. The van der Waals surface area contributed by atoms with Gasteiger partial charge in [-0.3, -0.25) is 4.79 Å². The largest absolute Gasteiger partial charge is 0.492 e. The average molecular weight is 384 g/mol. The number of rotatable bonds is 5. The Morgan fingerprint density at radius 3 is 2.96 bits per heavy atom. The van der Waals surface area contributed by atoms with Gasteiger partial charge in [0.2, 0.25) is 6.10 Å². The molecule has 0 aromatic heterocycles. The number of anilines is 1. The molecule has 2 aromatic rings. The number of carbonyl (C=O) groups excluding carboxylic acids is 1. The lowest BCUT2D eigenvalue weighted by Gasteiger charge is -2.15. The van der Waals surface area contributed by atoms with Gasteiger partial charge in [0.15, 0.2) is 0 Å². The van der Waals surface area contributed by atoms with Gasteiger partial charge < -0.3 is 19.6 Å². The first-order chi connectivity index (χ1) is 13.5. The van der Waals surface area contributed by atoms with Gasteiger partial charge in [-0.25, -0.2) is 4.39 Å². The highest BCUT2D eigenvalue weighted by molar-refractivity contribution is 6.06. The number of hydrogen-bond acceptors (Lipinski definition) is 5. The molecule has 0 radical (unpaired) electrons. The van der Waals surface area contributed by atoms with E-state index in [1.54, 1.807) is 18.2 Å². The van der Waals surface area contributed by atoms with Crippen molar-refractivity contribution in [2.75, 3.05) is 11.9 Å². The van der Waals surface area contributed by atoms with Gasteiger partial charge in [0.05, 0.1) is 18.0 Å². The number of hydrogen-bond donors (Lipinski definition) is 1. The first-order valence-corrected chi connectivity index (χ1v) is 9.29. The van der Waals surface area contributed by atoms with Crippen LogP contribution in [0.5, 0.6) is 11.5 Å². The van der Waals surface area contributed by atoms with E-state index in [0.29, 0.717) is 29.3 Å². The fourth-order valence-corrected chi connectivity index (χ4v) is 3.38. The molecule has 0 saturated carbocycles. The number of nitrogens with zero attached hydrogens (tertiary/aromatic N) is 1. The number of benzene rings is 2. The van der Waals surface area contributed by atoms with Crippen molar-refractivity contribution in [1.29, 1.82) is 0 Å². The third-order valence-corrected chi connectivity index (χ3v) is 4.68. The molecule has 1 amide bonds. The molecule has 4 rings (SSSR count). The van der Waals surface area contributed by atoms with Gasteiger partial charge >= 0.3 is 0 Å². The SMILES string of the molecule is CCOc1cc2c(cc1NC(=O)[C@H]1CC(c3cccc(F)c3)=NO1)O[C@@H](C)C2. The summed E-state index contributed by atoms with van der Waals surface area (Å²) < 4.78 is 24.9. The molecule has 0 fully saturated rings. The monoisotopic (exact) mass is 384 g/mol. The zero-order chi connectivity index (χ0) is 19.7. The lowest BCUT2D eigenvalue weighted by atomic mass is 10.0. The highest BCUT2D eigenvalue weighted by atomic mass is 19.1. The second kappa shape index (κ2) is 7.50. The normalized spacial score (nSPS) is 20.0. The molecule has 2 aliphatic heterocycles. The molecule has 2 aromatic carbocycles. The number of halogens is 1. The van der Waals surface area contributed by atoms with Gasteiger partial charge in [-0.05, 0) is 32.0 Å². The zero-order valence-electron chi connectivity index (χ0n) is 15.7. The molecule has 7 heteroatoms. The topological polar surface area (TPSA) is 69.2 Å². The number of fused-ring (bicyclic) bond motifs is 1. The summed E-state index contributed by atoms with van der Waals surface area (Å²) in [5.41, 5.74) is 2.73. The Morgan fingerprint density at radius 1 is 1.32 bits per heavy atom. The lowest BCUT2D eigenvalue weighted by molar-refractivity contribution is -0.125. The summed E-state index contributed by atoms with van der Waals surface area (Å²) in [5.74, 6) is 0.635. The van der Waals surface area contributed by atoms with Crippen molar-refractivity contribution < 1.29 is 23.5 Å². The van der Waals surface area contributed by atoms with E-state index in [0.717, 1.165) is 17.7 Å². The second-order valence-corrected chi connectivity index (χ2v) is 6.86. The molecule has 6 nitrogen and oxygen atoms in total. The summed E-state index contributed by atoms with van der Waals surface area (Å²) in [5, 5.41) is 6.80. The summed E-state index contributed by atoms with van der Waals surface area (Å²) >= 11 is 0. The Labute approximate surface area is 162 Å². The maximum Gasteiger partial charge on any atom is 0.268 e. The standard InChI is InChI=1S/C21H21FN2O4/c1-3-26-19-9-14-7-12(2)27-18(14)11-17(19)23-21(25)20-10-16(24-28-20)13-5-4-6-15(22)8-13/h4-6,8-9,11-12,20H,3,7,10H2,1-2H3,(H,23,25)/t12-,20+/m0/s1. The van der Waals surface area contributed by atoms with E-state index < -0.39 is 6.10 Å². The van der Waals surface area contributed by atoms with Gasteiger partial charge in [0.25, 0.3) is 5.91 Å². The van der Waals surface area contributed by atoms with Crippen LogP contribution < -0.4 is 14.8 Å². The smallest absolute Gasteiger partial charge is 0.268 e. The molecule has 0 unspecified atom stereocenters. The predicted octanol–water partition coefficient (Wildman–Crippen LogP) is 3.68. The Hall–Kier alpha value is -3.09. The van der Waals surface area contributed by atoms with Crippen molar-refractivity contribution in [3.8, 4) is 11.5 Å². The van der Waals surface area contributed by atoms with Crippen LogP contribution >= 0.6 is 0 Å². The van der Waals surface area contributed by atoms with E-state index in [-0.39, 0.29) is 24.2 Å².